The number of carbonyl (C=O) groups is 2. The molecule has 0 unspecified atom stereocenters. The van der Waals surface area contributed by atoms with E-state index < -0.39 is 0 Å². The monoisotopic (exact) mass is 413 g/mol. The first-order chi connectivity index (χ1) is 14.1. The molecule has 2 aromatic rings. The van der Waals surface area contributed by atoms with Crippen LogP contribution in [0.5, 0.6) is 11.5 Å². The van der Waals surface area contributed by atoms with E-state index in [2.05, 4.69) is 17.2 Å². The lowest BCUT2D eigenvalue weighted by atomic mass is 9.97. The van der Waals surface area contributed by atoms with Gasteiger partial charge in [0.25, 0.3) is 5.91 Å². The summed E-state index contributed by atoms with van der Waals surface area (Å²) in [6.07, 6.45) is 3.91. The smallest absolute Gasteiger partial charge is 0.257 e. The maximum absolute atomic E-state index is 13.0. The third-order valence-corrected chi connectivity index (χ3v) is 6.89. The molecule has 0 radical (unpaired) electrons. The number of piperidine rings is 1. The lowest BCUT2D eigenvalue weighted by molar-refractivity contribution is -0.134. The molecule has 2 atom stereocenters. The summed E-state index contributed by atoms with van der Waals surface area (Å²) in [5.41, 5.74) is 1.33. The molecule has 8 heteroatoms. The average molecular weight is 413 g/mol. The maximum atomic E-state index is 13.0. The van der Waals surface area contributed by atoms with Gasteiger partial charge in [-0.05, 0) is 49.8 Å². The van der Waals surface area contributed by atoms with Crippen molar-refractivity contribution < 1.29 is 19.1 Å². The molecule has 1 aromatic carbocycles. The van der Waals surface area contributed by atoms with Gasteiger partial charge in [0.2, 0.25) is 12.7 Å². The van der Waals surface area contributed by atoms with E-state index in [9.17, 15) is 9.59 Å². The maximum Gasteiger partial charge on any atom is 0.257 e. The van der Waals surface area contributed by atoms with Crippen molar-refractivity contribution in [2.24, 2.45) is 5.92 Å². The molecule has 29 heavy (non-hydrogen) atoms. The van der Waals surface area contributed by atoms with E-state index >= 15 is 0 Å². The van der Waals surface area contributed by atoms with Gasteiger partial charge in [-0.3, -0.25) is 14.9 Å². The minimum atomic E-state index is -0.247. The van der Waals surface area contributed by atoms with Crippen LogP contribution in [0.15, 0.2) is 18.2 Å². The molecule has 5 rings (SSSR count). The molecule has 7 nitrogen and oxygen atoms in total. The highest BCUT2D eigenvalue weighted by Crippen LogP contribution is 2.40. The fourth-order valence-electron chi connectivity index (χ4n) is 4.34. The van der Waals surface area contributed by atoms with E-state index in [1.807, 2.05) is 4.90 Å². The molecule has 152 valence electrons. The quantitative estimate of drug-likeness (QED) is 0.834. The molecule has 1 fully saturated rings. The average Bonchev–Trinajstić information content (AvgIpc) is 3.42. The molecule has 2 aliphatic heterocycles. The van der Waals surface area contributed by atoms with Crippen molar-refractivity contribution in [1.29, 1.82) is 0 Å². The first-order valence-electron chi connectivity index (χ1n) is 10.1. The van der Waals surface area contributed by atoms with Gasteiger partial charge in [-0.1, -0.05) is 6.92 Å². The second kappa shape index (κ2) is 7.33. The highest BCUT2D eigenvalue weighted by Gasteiger charge is 2.36. The van der Waals surface area contributed by atoms with Crippen molar-refractivity contribution in [3.63, 3.8) is 0 Å². The van der Waals surface area contributed by atoms with Crippen LogP contribution in [0, 0.1) is 5.92 Å². The number of carbonyl (C=O) groups excluding carboxylic acids is 2. The molecule has 0 bridgehead atoms. The Hall–Kier alpha value is -2.61. The lowest BCUT2D eigenvalue weighted by Crippen LogP contribution is -2.41. The summed E-state index contributed by atoms with van der Waals surface area (Å²) in [7, 11) is 0. The molecular weight excluding hydrogens is 390 g/mol. The molecule has 2 amide bonds. The Morgan fingerprint density at radius 2 is 2.10 bits per heavy atom. The number of aromatic nitrogens is 1. The van der Waals surface area contributed by atoms with Gasteiger partial charge in [-0.2, -0.15) is 0 Å². The van der Waals surface area contributed by atoms with Gasteiger partial charge in [0.15, 0.2) is 16.6 Å². The number of benzene rings is 1. The van der Waals surface area contributed by atoms with E-state index in [-0.39, 0.29) is 24.5 Å². The van der Waals surface area contributed by atoms with E-state index in [0.29, 0.717) is 28.1 Å². The van der Waals surface area contributed by atoms with E-state index in [1.54, 1.807) is 18.2 Å². The molecular formula is C21H23N3O4S. The number of thiazole rings is 1. The number of rotatable bonds is 3. The Kier molecular flexibility index (Phi) is 4.66. The van der Waals surface area contributed by atoms with E-state index in [4.69, 9.17) is 9.47 Å². The number of fused-ring (bicyclic) bond motifs is 2. The molecule has 3 aliphatic rings. The van der Waals surface area contributed by atoms with E-state index in [0.717, 1.165) is 42.9 Å². The van der Waals surface area contributed by atoms with Crippen LogP contribution in [0.3, 0.4) is 0 Å². The van der Waals surface area contributed by atoms with Crippen molar-refractivity contribution in [2.75, 3.05) is 25.2 Å². The fourth-order valence-corrected chi connectivity index (χ4v) is 5.37. The summed E-state index contributed by atoms with van der Waals surface area (Å²) in [5.74, 6) is 1.53. The Bertz CT molecular complexity index is 973. The van der Waals surface area contributed by atoms with E-state index in [1.165, 1.54) is 17.8 Å². The molecule has 0 spiro atoms. The Morgan fingerprint density at radius 3 is 2.97 bits per heavy atom. The number of aryl methyl sites for hydroxylation is 1. The highest BCUT2D eigenvalue weighted by molar-refractivity contribution is 7.16. The number of likely N-dealkylation sites (tertiary alicyclic amines) is 1. The van der Waals surface area contributed by atoms with Gasteiger partial charge in [-0.15, -0.1) is 11.3 Å². The Morgan fingerprint density at radius 1 is 1.24 bits per heavy atom. The molecule has 1 aliphatic carbocycles. The van der Waals surface area contributed by atoms with Crippen molar-refractivity contribution in [1.82, 2.24) is 9.88 Å². The van der Waals surface area contributed by atoms with Crippen molar-refractivity contribution in [3.05, 3.63) is 34.3 Å². The molecule has 1 saturated heterocycles. The number of hydrogen-bond donors (Lipinski definition) is 1. The van der Waals surface area contributed by atoms with Crippen molar-refractivity contribution >= 4 is 28.3 Å². The summed E-state index contributed by atoms with van der Waals surface area (Å²) in [4.78, 5) is 33.4. The third-order valence-electron chi connectivity index (χ3n) is 5.84. The SMILES string of the molecule is C[C@@H]1CCCN(C(=O)[C@H]2CCc3sc(NC(=O)c4ccc5c(c4)OCO5)nc32)C1. The normalized spacial score (nSPS) is 22.4. The summed E-state index contributed by atoms with van der Waals surface area (Å²) in [5, 5.41) is 3.42. The van der Waals surface area contributed by atoms with Crippen LogP contribution in [0.2, 0.25) is 0 Å². The van der Waals surface area contributed by atoms with Gasteiger partial charge >= 0.3 is 0 Å². The number of hydrogen-bond acceptors (Lipinski definition) is 6. The Balaban J connectivity index is 1.30. The summed E-state index contributed by atoms with van der Waals surface area (Å²) in [6.45, 7) is 4.05. The zero-order valence-corrected chi connectivity index (χ0v) is 17.1. The van der Waals surface area contributed by atoms with Crippen LogP contribution in [-0.4, -0.2) is 41.6 Å². The predicted molar refractivity (Wildman–Crippen MR) is 109 cm³/mol. The third kappa shape index (κ3) is 3.46. The van der Waals surface area contributed by atoms with Gasteiger partial charge in [0.05, 0.1) is 11.6 Å². The summed E-state index contributed by atoms with van der Waals surface area (Å²) >= 11 is 1.47. The van der Waals surface area contributed by atoms with Crippen LogP contribution in [-0.2, 0) is 11.2 Å². The first kappa shape index (κ1) is 18.4. The molecule has 0 saturated carbocycles. The highest BCUT2D eigenvalue weighted by atomic mass is 32.1. The van der Waals surface area contributed by atoms with Gasteiger partial charge < -0.3 is 14.4 Å². The number of anilines is 1. The van der Waals surface area contributed by atoms with Gasteiger partial charge in [-0.25, -0.2) is 4.98 Å². The molecule has 1 aromatic heterocycles. The van der Waals surface area contributed by atoms with Crippen LogP contribution >= 0.6 is 11.3 Å². The second-order valence-electron chi connectivity index (χ2n) is 7.97. The number of nitrogens with zero attached hydrogens (tertiary/aromatic N) is 2. The first-order valence-corrected chi connectivity index (χ1v) is 10.9. The molecule has 1 N–H and O–H groups in total. The minimum Gasteiger partial charge on any atom is -0.454 e. The summed E-state index contributed by atoms with van der Waals surface area (Å²) in [6, 6.07) is 5.10. The molecule has 3 heterocycles. The number of nitrogens with one attached hydrogen (secondary N) is 1. The largest absolute Gasteiger partial charge is 0.454 e. The van der Waals surface area contributed by atoms with Crippen LogP contribution < -0.4 is 14.8 Å². The topological polar surface area (TPSA) is 80.8 Å². The Labute approximate surface area is 173 Å². The van der Waals surface area contributed by atoms with Crippen molar-refractivity contribution in [2.45, 2.75) is 38.5 Å². The number of ether oxygens (including phenoxy) is 2. The number of amides is 2. The predicted octanol–water partition coefficient (Wildman–Crippen LogP) is 3.41. The standard InChI is InChI=1S/C21H23N3O4S/c1-12-3-2-8-24(10-12)20(26)14-5-7-17-18(14)22-21(29-17)23-19(25)13-4-6-15-16(9-13)28-11-27-15/h4,6,9,12,14H,2-3,5,7-8,10-11H2,1H3,(H,22,23,25)/t12-,14+/m1/s1. The van der Waals surface area contributed by atoms with Crippen LogP contribution in [0.1, 0.15) is 53.0 Å². The minimum absolute atomic E-state index is 0.171. The summed E-state index contributed by atoms with van der Waals surface area (Å²) < 4.78 is 10.6. The van der Waals surface area contributed by atoms with Gasteiger partial charge in [0.1, 0.15) is 0 Å². The lowest BCUT2D eigenvalue weighted by Gasteiger charge is -2.32. The van der Waals surface area contributed by atoms with Gasteiger partial charge in [0, 0.05) is 23.5 Å². The van der Waals surface area contributed by atoms with Crippen LogP contribution in [0.25, 0.3) is 0 Å². The van der Waals surface area contributed by atoms with Crippen LogP contribution in [0.4, 0.5) is 5.13 Å². The zero-order chi connectivity index (χ0) is 20.0. The van der Waals surface area contributed by atoms with Crippen molar-refractivity contribution in [3.8, 4) is 11.5 Å². The second-order valence-corrected chi connectivity index (χ2v) is 9.06. The zero-order valence-electron chi connectivity index (χ0n) is 16.3. The fraction of sp³-hybridized carbons (Fsp3) is 0.476.